The van der Waals surface area contributed by atoms with Crippen LogP contribution in [0.3, 0.4) is 0 Å². The van der Waals surface area contributed by atoms with Crippen LogP contribution in [0.4, 0.5) is 0 Å². The monoisotopic (exact) mass is 510 g/mol. The lowest BCUT2D eigenvalue weighted by Gasteiger charge is -2.05. The van der Waals surface area contributed by atoms with Gasteiger partial charge in [0.15, 0.2) is 0 Å². The maximum absolute atomic E-state index is 11.8. The molecule has 0 spiro atoms. The molecule has 37 heavy (non-hydrogen) atoms. The highest BCUT2D eigenvalue weighted by molar-refractivity contribution is 5.94. The molecule has 204 valence electrons. The first kappa shape index (κ1) is 33.6. The van der Waals surface area contributed by atoms with Gasteiger partial charge in [-0.05, 0) is 57.8 Å². The van der Waals surface area contributed by atoms with Gasteiger partial charge in [0, 0.05) is 31.7 Å². The number of unbranched alkanes of at least 4 members (excludes halogenated alkanes) is 1. The van der Waals surface area contributed by atoms with Crippen LogP contribution in [0, 0.1) is 0 Å². The third-order valence-electron chi connectivity index (χ3n) is 4.93. The summed E-state index contributed by atoms with van der Waals surface area (Å²) in [4.78, 5) is 34.2. The van der Waals surface area contributed by atoms with E-state index in [-0.39, 0.29) is 11.8 Å². The lowest BCUT2D eigenvalue weighted by atomic mass is 10.2. The number of amides is 2. The van der Waals surface area contributed by atoms with E-state index in [0.29, 0.717) is 19.5 Å². The predicted molar refractivity (Wildman–Crippen MR) is 154 cm³/mol. The van der Waals surface area contributed by atoms with Crippen LogP contribution in [0.5, 0.6) is 0 Å². The van der Waals surface area contributed by atoms with Crippen molar-refractivity contribution in [2.24, 2.45) is 0 Å². The molecule has 0 fully saturated rings. The zero-order valence-corrected chi connectivity index (χ0v) is 22.7. The Morgan fingerprint density at radius 2 is 1.08 bits per heavy atom. The Balaban J connectivity index is 3.61. The predicted octanol–water partition coefficient (Wildman–Crippen LogP) is 6.21. The number of hydrogen-bond donors (Lipinski definition) is 2. The molecule has 0 bridgehead atoms. The molecule has 0 aliphatic carbocycles. The van der Waals surface area contributed by atoms with Crippen molar-refractivity contribution in [3.8, 4) is 0 Å². The average Bonchev–Trinajstić information content (AvgIpc) is 2.90. The van der Waals surface area contributed by atoms with Gasteiger partial charge in [-0.2, -0.15) is 0 Å². The fourth-order valence-corrected chi connectivity index (χ4v) is 2.90. The Bertz CT molecular complexity index is 817. The first-order valence-corrected chi connectivity index (χ1v) is 13.3. The van der Waals surface area contributed by atoms with Gasteiger partial charge in [0.2, 0.25) is 11.8 Å². The van der Waals surface area contributed by atoms with Crippen LogP contribution in [-0.2, 0) is 19.1 Å². The van der Waals surface area contributed by atoms with E-state index in [9.17, 15) is 14.4 Å². The molecule has 6 nitrogen and oxygen atoms in total. The second-order valence-corrected chi connectivity index (χ2v) is 8.16. The highest BCUT2D eigenvalue weighted by atomic mass is 16.5. The van der Waals surface area contributed by atoms with Crippen molar-refractivity contribution < 1.29 is 19.1 Å². The van der Waals surface area contributed by atoms with E-state index in [1.54, 1.807) is 0 Å². The van der Waals surface area contributed by atoms with Gasteiger partial charge in [0.1, 0.15) is 0 Å². The lowest BCUT2D eigenvalue weighted by molar-refractivity contribution is -0.135. The molecule has 0 aromatic rings. The third kappa shape index (κ3) is 27.0. The number of carbonyl (C=O) groups is 3. The molecule has 0 aliphatic rings. The summed E-state index contributed by atoms with van der Waals surface area (Å²) in [6, 6.07) is 0. The standard InChI is InChI=1S/C31H46N2O4/c1-3-4-5-6-7-8-9-10-11-12-13-14-15-16-17-18-19-20-21-24-29(34)32-27-22-23-28-33-30(35)25-26-31(36)37-2/h4-5,7-8,10-11,13-14,16-17,19-20,25-26H,3,6,9,12,15,18,21-24,27-28H2,1-2H3,(H,32,34)(H,33,35)/b5-4-,8-7-,11-10-,14-13-,17-16-,20-19-,26-25+. The Hall–Kier alpha value is -3.41. The Morgan fingerprint density at radius 3 is 1.57 bits per heavy atom. The van der Waals surface area contributed by atoms with Crippen molar-refractivity contribution in [2.45, 2.75) is 71.1 Å². The van der Waals surface area contributed by atoms with Crippen LogP contribution in [0.25, 0.3) is 0 Å². The lowest BCUT2D eigenvalue weighted by Crippen LogP contribution is -2.26. The summed E-state index contributed by atoms with van der Waals surface area (Å²) in [7, 11) is 1.25. The molecule has 0 aromatic heterocycles. The van der Waals surface area contributed by atoms with Crippen LogP contribution in [-0.4, -0.2) is 38.0 Å². The van der Waals surface area contributed by atoms with Gasteiger partial charge in [0.05, 0.1) is 7.11 Å². The summed E-state index contributed by atoms with van der Waals surface area (Å²) in [5.74, 6) is -0.878. The van der Waals surface area contributed by atoms with E-state index in [1.165, 1.54) is 7.11 Å². The second-order valence-electron chi connectivity index (χ2n) is 8.16. The number of methoxy groups -OCH3 is 1. The second kappa shape index (κ2) is 27.2. The van der Waals surface area contributed by atoms with Gasteiger partial charge < -0.3 is 15.4 Å². The summed E-state index contributed by atoms with van der Waals surface area (Å²) in [6.45, 7) is 3.21. The summed E-state index contributed by atoms with van der Waals surface area (Å²) >= 11 is 0. The minimum atomic E-state index is -0.568. The molecule has 0 rings (SSSR count). The summed E-state index contributed by atoms with van der Waals surface area (Å²) in [6.07, 6.45) is 36.7. The largest absolute Gasteiger partial charge is 0.466 e. The molecule has 0 atom stereocenters. The Kier molecular flexibility index (Phi) is 24.7. The molecule has 0 aromatic carbocycles. The van der Waals surface area contributed by atoms with Crippen LogP contribution in [0.1, 0.15) is 71.1 Å². The minimum Gasteiger partial charge on any atom is -0.466 e. The topological polar surface area (TPSA) is 84.5 Å². The molecule has 0 radical (unpaired) electrons. The molecule has 0 saturated heterocycles. The number of carbonyl (C=O) groups excluding carboxylic acids is 3. The van der Waals surface area contributed by atoms with Crippen molar-refractivity contribution in [3.63, 3.8) is 0 Å². The van der Waals surface area contributed by atoms with Crippen molar-refractivity contribution in [1.29, 1.82) is 0 Å². The fraction of sp³-hybridized carbons (Fsp3) is 0.452. The summed E-state index contributed by atoms with van der Waals surface area (Å²) in [5.41, 5.74) is 0. The van der Waals surface area contributed by atoms with Crippen LogP contribution >= 0.6 is 0 Å². The van der Waals surface area contributed by atoms with Gasteiger partial charge in [0.25, 0.3) is 0 Å². The van der Waals surface area contributed by atoms with Gasteiger partial charge in [-0.25, -0.2) is 4.79 Å². The number of nitrogens with one attached hydrogen (secondary N) is 2. The Morgan fingerprint density at radius 1 is 0.622 bits per heavy atom. The molecule has 6 heteroatoms. The maximum Gasteiger partial charge on any atom is 0.330 e. The van der Waals surface area contributed by atoms with Crippen LogP contribution in [0.15, 0.2) is 85.1 Å². The van der Waals surface area contributed by atoms with E-state index in [0.717, 1.165) is 69.9 Å². The van der Waals surface area contributed by atoms with E-state index in [2.05, 4.69) is 89.1 Å². The highest BCUT2D eigenvalue weighted by Gasteiger charge is 2.00. The van der Waals surface area contributed by atoms with Gasteiger partial charge in [-0.1, -0.05) is 79.8 Å². The van der Waals surface area contributed by atoms with Crippen molar-refractivity contribution in [2.75, 3.05) is 20.2 Å². The van der Waals surface area contributed by atoms with Gasteiger partial charge >= 0.3 is 5.97 Å². The number of ether oxygens (including phenoxy) is 1. The van der Waals surface area contributed by atoms with Crippen molar-refractivity contribution in [1.82, 2.24) is 10.6 Å². The van der Waals surface area contributed by atoms with Crippen LogP contribution < -0.4 is 10.6 Å². The molecule has 0 unspecified atom stereocenters. The van der Waals surface area contributed by atoms with E-state index < -0.39 is 5.97 Å². The number of esters is 1. The first-order valence-electron chi connectivity index (χ1n) is 13.3. The molecule has 2 amide bonds. The Labute approximate surface area is 224 Å². The average molecular weight is 511 g/mol. The zero-order chi connectivity index (χ0) is 27.2. The first-order chi connectivity index (χ1) is 18.1. The fourth-order valence-electron chi connectivity index (χ4n) is 2.90. The molecule has 0 aliphatic heterocycles. The van der Waals surface area contributed by atoms with Crippen molar-refractivity contribution >= 4 is 17.8 Å². The maximum atomic E-state index is 11.8. The van der Waals surface area contributed by atoms with E-state index in [1.807, 2.05) is 6.08 Å². The SMILES string of the molecule is CC/C=C\C/C=C\C/C=C\C/C=C\C/C=C\C/C=C\CCC(=O)NCCCCNC(=O)/C=C/C(=O)OC. The zero-order valence-electron chi connectivity index (χ0n) is 22.7. The van der Waals surface area contributed by atoms with E-state index in [4.69, 9.17) is 0 Å². The number of allylic oxidation sites excluding steroid dienone is 12. The van der Waals surface area contributed by atoms with Gasteiger partial charge in [-0.3, -0.25) is 9.59 Å². The number of hydrogen-bond acceptors (Lipinski definition) is 4. The normalized spacial score (nSPS) is 12.4. The quantitative estimate of drug-likeness (QED) is 0.0833. The summed E-state index contributed by atoms with van der Waals surface area (Å²) < 4.78 is 4.41. The van der Waals surface area contributed by atoms with E-state index >= 15 is 0 Å². The molecular formula is C31H46N2O4. The molecular weight excluding hydrogens is 464 g/mol. The summed E-state index contributed by atoms with van der Waals surface area (Å²) in [5, 5.41) is 5.55. The van der Waals surface area contributed by atoms with Crippen LogP contribution in [0.2, 0.25) is 0 Å². The highest BCUT2D eigenvalue weighted by Crippen LogP contribution is 1.98. The van der Waals surface area contributed by atoms with Crippen molar-refractivity contribution in [3.05, 3.63) is 85.1 Å². The minimum absolute atomic E-state index is 0.0320. The molecule has 0 heterocycles. The molecule has 2 N–H and O–H groups in total. The molecule has 0 saturated carbocycles. The number of rotatable bonds is 21. The van der Waals surface area contributed by atoms with Gasteiger partial charge in [-0.15, -0.1) is 0 Å². The smallest absolute Gasteiger partial charge is 0.330 e. The third-order valence-corrected chi connectivity index (χ3v) is 4.93.